The summed E-state index contributed by atoms with van der Waals surface area (Å²) in [6.45, 7) is 0.486. The lowest BCUT2D eigenvalue weighted by Crippen LogP contribution is -2.06. The number of hydrogen-bond donors (Lipinski definition) is 1. The van der Waals surface area contributed by atoms with Gasteiger partial charge in [0.25, 0.3) is 0 Å². The van der Waals surface area contributed by atoms with Crippen molar-refractivity contribution in [3.63, 3.8) is 0 Å². The van der Waals surface area contributed by atoms with E-state index in [1.54, 1.807) is 24.7 Å². The van der Waals surface area contributed by atoms with E-state index >= 15 is 0 Å². The van der Waals surface area contributed by atoms with Crippen LogP contribution in [0.15, 0.2) is 43.0 Å². The lowest BCUT2D eigenvalue weighted by atomic mass is 10.1. The second-order valence-corrected chi connectivity index (χ2v) is 3.77. The van der Waals surface area contributed by atoms with Gasteiger partial charge in [0, 0.05) is 17.4 Å². The Morgan fingerprint density at radius 1 is 1.47 bits per heavy atom. The molecule has 0 aliphatic rings. The molecule has 0 saturated heterocycles. The number of nitrogens with zero attached hydrogens (tertiary/aromatic N) is 2. The van der Waals surface area contributed by atoms with Crippen LogP contribution in [-0.2, 0) is 6.54 Å². The Morgan fingerprint density at radius 2 is 2.33 bits per heavy atom. The monoisotopic (exact) mass is 222 g/mol. The van der Waals surface area contributed by atoms with E-state index < -0.39 is 6.10 Å². The molecule has 0 amide bonds. The summed E-state index contributed by atoms with van der Waals surface area (Å²) in [7, 11) is 0. The van der Waals surface area contributed by atoms with Gasteiger partial charge in [-0.25, -0.2) is 4.98 Å². The van der Waals surface area contributed by atoms with Crippen molar-refractivity contribution in [2.24, 2.45) is 0 Å². The Labute approximate surface area is 93.0 Å². The highest BCUT2D eigenvalue weighted by atomic mass is 35.5. The fraction of sp³-hybridized carbons (Fsp3) is 0.182. The van der Waals surface area contributed by atoms with E-state index in [2.05, 4.69) is 4.98 Å². The maximum absolute atomic E-state index is 9.91. The summed E-state index contributed by atoms with van der Waals surface area (Å²) >= 11 is 5.84. The van der Waals surface area contributed by atoms with Crippen molar-refractivity contribution in [2.75, 3.05) is 0 Å². The lowest BCUT2D eigenvalue weighted by molar-refractivity contribution is 0.156. The second kappa shape index (κ2) is 4.47. The normalized spacial score (nSPS) is 12.7. The molecule has 2 aromatic rings. The van der Waals surface area contributed by atoms with Gasteiger partial charge < -0.3 is 9.67 Å². The molecule has 1 N–H and O–H groups in total. The SMILES string of the molecule is O[C@H](Cn1ccnc1)c1cccc(Cl)c1. The van der Waals surface area contributed by atoms with Gasteiger partial charge in [-0.1, -0.05) is 23.7 Å². The Hall–Kier alpha value is -1.32. The van der Waals surface area contributed by atoms with Crippen LogP contribution in [0.5, 0.6) is 0 Å². The zero-order valence-electron chi connectivity index (χ0n) is 8.05. The fourth-order valence-corrected chi connectivity index (χ4v) is 1.61. The molecule has 0 radical (unpaired) electrons. The molecule has 0 aliphatic carbocycles. The van der Waals surface area contributed by atoms with Gasteiger partial charge in [-0.2, -0.15) is 0 Å². The predicted octanol–water partition coefficient (Wildman–Crippen LogP) is 2.27. The van der Waals surface area contributed by atoms with Crippen molar-refractivity contribution in [3.8, 4) is 0 Å². The van der Waals surface area contributed by atoms with Crippen LogP contribution in [0.3, 0.4) is 0 Å². The van der Waals surface area contributed by atoms with Crippen LogP contribution >= 0.6 is 11.6 Å². The number of imidazole rings is 1. The Bertz CT molecular complexity index is 428. The number of aliphatic hydroxyl groups excluding tert-OH is 1. The molecule has 0 spiro atoms. The fourth-order valence-electron chi connectivity index (χ4n) is 1.41. The van der Waals surface area contributed by atoms with Crippen LogP contribution in [0, 0.1) is 0 Å². The molecule has 1 heterocycles. The molecule has 15 heavy (non-hydrogen) atoms. The van der Waals surface area contributed by atoms with Crippen LogP contribution in [0.4, 0.5) is 0 Å². The van der Waals surface area contributed by atoms with Gasteiger partial charge in [-0.15, -0.1) is 0 Å². The van der Waals surface area contributed by atoms with Gasteiger partial charge in [0.1, 0.15) is 0 Å². The van der Waals surface area contributed by atoms with Crippen molar-refractivity contribution in [3.05, 3.63) is 53.6 Å². The van der Waals surface area contributed by atoms with E-state index in [0.29, 0.717) is 11.6 Å². The highest BCUT2D eigenvalue weighted by Gasteiger charge is 2.07. The van der Waals surface area contributed by atoms with Gasteiger partial charge in [0.2, 0.25) is 0 Å². The summed E-state index contributed by atoms with van der Waals surface area (Å²) in [4.78, 5) is 3.91. The number of aliphatic hydroxyl groups is 1. The lowest BCUT2D eigenvalue weighted by Gasteiger charge is -2.11. The largest absolute Gasteiger partial charge is 0.387 e. The Balaban J connectivity index is 2.11. The van der Waals surface area contributed by atoms with E-state index in [9.17, 15) is 5.11 Å². The molecule has 78 valence electrons. The average Bonchev–Trinajstić information content (AvgIpc) is 2.70. The van der Waals surface area contributed by atoms with Crippen LogP contribution in [0.1, 0.15) is 11.7 Å². The van der Waals surface area contributed by atoms with E-state index in [-0.39, 0.29) is 0 Å². The third-order valence-electron chi connectivity index (χ3n) is 2.18. The van der Waals surface area contributed by atoms with Crippen molar-refractivity contribution in [1.29, 1.82) is 0 Å². The summed E-state index contributed by atoms with van der Waals surface area (Å²) in [5.74, 6) is 0. The van der Waals surface area contributed by atoms with Crippen molar-refractivity contribution in [1.82, 2.24) is 9.55 Å². The standard InChI is InChI=1S/C11H11ClN2O/c12-10-3-1-2-9(6-10)11(15)7-14-5-4-13-8-14/h1-6,8,11,15H,7H2/t11-/m1/s1. The van der Waals surface area contributed by atoms with Gasteiger partial charge >= 0.3 is 0 Å². The molecule has 1 aromatic heterocycles. The number of rotatable bonds is 3. The van der Waals surface area contributed by atoms with Crippen LogP contribution in [0.25, 0.3) is 0 Å². The van der Waals surface area contributed by atoms with Gasteiger partial charge in [-0.3, -0.25) is 0 Å². The quantitative estimate of drug-likeness (QED) is 0.865. The van der Waals surface area contributed by atoms with Crippen molar-refractivity contribution in [2.45, 2.75) is 12.6 Å². The second-order valence-electron chi connectivity index (χ2n) is 3.33. The van der Waals surface area contributed by atoms with Crippen molar-refractivity contribution < 1.29 is 5.11 Å². The molecule has 0 saturated carbocycles. The molecule has 0 unspecified atom stereocenters. The minimum absolute atomic E-state index is 0.486. The molecule has 2 rings (SSSR count). The maximum Gasteiger partial charge on any atom is 0.0969 e. The Kier molecular flexibility index (Phi) is 3.04. The average molecular weight is 223 g/mol. The van der Waals surface area contributed by atoms with E-state index in [1.165, 1.54) is 0 Å². The highest BCUT2D eigenvalue weighted by molar-refractivity contribution is 6.30. The Morgan fingerprint density at radius 3 is 3.00 bits per heavy atom. The maximum atomic E-state index is 9.91. The van der Waals surface area contributed by atoms with E-state index in [4.69, 9.17) is 11.6 Å². The van der Waals surface area contributed by atoms with Crippen LogP contribution in [0.2, 0.25) is 5.02 Å². The molecule has 1 atom stereocenters. The van der Waals surface area contributed by atoms with Crippen LogP contribution in [-0.4, -0.2) is 14.7 Å². The molecular formula is C11H11ClN2O. The summed E-state index contributed by atoms with van der Waals surface area (Å²) in [5, 5.41) is 10.5. The van der Waals surface area contributed by atoms with Gasteiger partial charge in [-0.05, 0) is 17.7 Å². The van der Waals surface area contributed by atoms with Crippen LogP contribution < -0.4 is 0 Å². The first-order chi connectivity index (χ1) is 7.25. The third-order valence-corrected chi connectivity index (χ3v) is 2.41. The minimum Gasteiger partial charge on any atom is -0.387 e. The number of halogens is 1. The van der Waals surface area contributed by atoms with Gasteiger partial charge in [0.15, 0.2) is 0 Å². The first kappa shape index (κ1) is 10.2. The topological polar surface area (TPSA) is 38.0 Å². The van der Waals surface area contributed by atoms with Gasteiger partial charge in [0.05, 0.1) is 19.0 Å². The zero-order chi connectivity index (χ0) is 10.7. The molecule has 1 aromatic carbocycles. The first-order valence-electron chi connectivity index (χ1n) is 4.65. The number of aromatic nitrogens is 2. The predicted molar refractivity (Wildman–Crippen MR) is 58.6 cm³/mol. The third kappa shape index (κ3) is 2.58. The van der Waals surface area contributed by atoms with Crippen molar-refractivity contribution >= 4 is 11.6 Å². The molecule has 4 heteroatoms. The summed E-state index contributed by atoms with van der Waals surface area (Å²) < 4.78 is 1.82. The highest BCUT2D eigenvalue weighted by Crippen LogP contribution is 2.18. The zero-order valence-corrected chi connectivity index (χ0v) is 8.80. The molecule has 0 aliphatic heterocycles. The molecule has 0 bridgehead atoms. The summed E-state index contributed by atoms with van der Waals surface area (Å²) in [6.07, 6.45) is 4.62. The molecular weight excluding hydrogens is 212 g/mol. The number of hydrogen-bond acceptors (Lipinski definition) is 2. The minimum atomic E-state index is -0.558. The van der Waals surface area contributed by atoms with E-state index in [1.807, 2.05) is 22.9 Å². The first-order valence-corrected chi connectivity index (χ1v) is 5.03. The summed E-state index contributed by atoms with van der Waals surface area (Å²) in [5.41, 5.74) is 0.816. The van der Waals surface area contributed by atoms with E-state index in [0.717, 1.165) is 5.56 Å². The summed E-state index contributed by atoms with van der Waals surface area (Å²) in [6, 6.07) is 7.24. The smallest absolute Gasteiger partial charge is 0.0969 e. The number of benzene rings is 1. The molecule has 3 nitrogen and oxygen atoms in total. The molecule has 0 fully saturated rings.